The fraction of sp³-hybridized carbons (Fsp3) is 1.00. The SMILES string of the molecule is CCC(C)C1CN(C2CCOC2C)C(C(C)C)CN1. The Hall–Kier alpha value is -0.120. The van der Waals surface area contributed by atoms with Crippen LogP contribution in [-0.2, 0) is 4.74 Å². The molecule has 2 fully saturated rings. The van der Waals surface area contributed by atoms with Crippen molar-refractivity contribution in [1.29, 1.82) is 0 Å². The predicted molar refractivity (Wildman–Crippen MR) is 80.4 cm³/mol. The van der Waals surface area contributed by atoms with Crippen molar-refractivity contribution in [3.05, 3.63) is 0 Å². The smallest absolute Gasteiger partial charge is 0.0703 e. The molecule has 2 rings (SSSR count). The van der Waals surface area contributed by atoms with Gasteiger partial charge in [-0.05, 0) is 25.2 Å². The van der Waals surface area contributed by atoms with Gasteiger partial charge in [0.25, 0.3) is 0 Å². The molecular weight excluding hydrogens is 236 g/mol. The molecule has 0 aromatic carbocycles. The Morgan fingerprint density at radius 2 is 2.05 bits per heavy atom. The minimum Gasteiger partial charge on any atom is -0.377 e. The summed E-state index contributed by atoms with van der Waals surface area (Å²) >= 11 is 0. The minimum absolute atomic E-state index is 0.400. The number of piperazine rings is 1. The number of rotatable bonds is 4. The molecule has 3 nitrogen and oxygen atoms in total. The maximum atomic E-state index is 5.81. The zero-order valence-electron chi connectivity index (χ0n) is 13.4. The summed E-state index contributed by atoms with van der Waals surface area (Å²) in [4.78, 5) is 2.76. The molecule has 0 radical (unpaired) electrons. The van der Waals surface area contributed by atoms with E-state index in [0.717, 1.165) is 19.1 Å². The summed E-state index contributed by atoms with van der Waals surface area (Å²) in [7, 11) is 0. The molecule has 0 amide bonds. The molecule has 19 heavy (non-hydrogen) atoms. The van der Waals surface area contributed by atoms with Gasteiger partial charge in [0.2, 0.25) is 0 Å². The van der Waals surface area contributed by atoms with Crippen LogP contribution in [0.1, 0.15) is 47.5 Å². The summed E-state index contributed by atoms with van der Waals surface area (Å²) in [5.41, 5.74) is 0. The molecule has 0 aromatic rings. The molecule has 112 valence electrons. The summed E-state index contributed by atoms with van der Waals surface area (Å²) in [6.07, 6.45) is 2.86. The number of hydrogen-bond donors (Lipinski definition) is 1. The van der Waals surface area contributed by atoms with Gasteiger partial charge in [-0.2, -0.15) is 0 Å². The number of hydrogen-bond acceptors (Lipinski definition) is 3. The van der Waals surface area contributed by atoms with E-state index >= 15 is 0 Å². The lowest BCUT2D eigenvalue weighted by molar-refractivity contribution is 0.00922. The Morgan fingerprint density at radius 3 is 2.58 bits per heavy atom. The topological polar surface area (TPSA) is 24.5 Å². The normalized spacial score (nSPS) is 38.8. The Morgan fingerprint density at radius 1 is 1.32 bits per heavy atom. The highest BCUT2D eigenvalue weighted by Crippen LogP contribution is 2.28. The lowest BCUT2D eigenvalue weighted by atomic mass is 9.90. The quantitative estimate of drug-likeness (QED) is 0.848. The van der Waals surface area contributed by atoms with E-state index in [1.807, 2.05) is 0 Å². The first-order valence-corrected chi connectivity index (χ1v) is 8.15. The number of nitrogens with zero attached hydrogens (tertiary/aromatic N) is 1. The molecular formula is C16H32N2O. The highest BCUT2D eigenvalue weighted by atomic mass is 16.5. The average molecular weight is 268 g/mol. The molecule has 0 saturated carbocycles. The lowest BCUT2D eigenvalue weighted by Crippen LogP contribution is -2.63. The van der Waals surface area contributed by atoms with E-state index in [-0.39, 0.29) is 0 Å². The largest absolute Gasteiger partial charge is 0.377 e. The van der Waals surface area contributed by atoms with E-state index < -0.39 is 0 Å². The summed E-state index contributed by atoms with van der Waals surface area (Å²) < 4.78 is 5.81. The fourth-order valence-electron chi connectivity index (χ4n) is 3.64. The van der Waals surface area contributed by atoms with E-state index in [2.05, 4.69) is 44.8 Å². The average Bonchev–Trinajstić information content (AvgIpc) is 2.83. The van der Waals surface area contributed by atoms with Crippen molar-refractivity contribution in [2.24, 2.45) is 11.8 Å². The monoisotopic (exact) mass is 268 g/mol. The first-order valence-electron chi connectivity index (χ1n) is 8.15. The zero-order chi connectivity index (χ0) is 14.0. The summed E-state index contributed by atoms with van der Waals surface area (Å²) in [5, 5.41) is 3.79. The molecule has 2 heterocycles. The highest BCUT2D eigenvalue weighted by Gasteiger charge is 2.39. The summed E-state index contributed by atoms with van der Waals surface area (Å²) in [6, 6.07) is 1.93. The Balaban J connectivity index is 2.08. The standard InChI is InChI=1S/C16H32N2O/c1-6-12(4)14-10-18(15-7-8-19-13(15)5)16(9-17-14)11(2)3/h11-17H,6-10H2,1-5H3. The number of ether oxygens (including phenoxy) is 1. The van der Waals surface area contributed by atoms with Gasteiger partial charge in [-0.1, -0.05) is 34.1 Å². The lowest BCUT2D eigenvalue weighted by Gasteiger charge is -2.47. The van der Waals surface area contributed by atoms with Crippen LogP contribution in [0.4, 0.5) is 0 Å². The first kappa shape index (κ1) is 15.3. The molecule has 5 unspecified atom stereocenters. The molecule has 0 aromatic heterocycles. The van der Waals surface area contributed by atoms with E-state index in [1.165, 1.54) is 19.4 Å². The van der Waals surface area contributed by atoms with E-state index in [0.29, 0.717) is 30.1 Å². The van der Waals surface area contributed by atoms with Crippen LogP contribution < -0.4 is 5.32 Å². The molecule has 0 aliphatic carbocycles. The Bertz CT molecular complexity index is 280. The van der Waals surface area contributed by atoms with Crippen LogP contribution in [0.2, 0.25) is 0 Å². The summed E-state index contributed by atoms with van der Waals surface area (Å²) in [5.74, 6) is 1.46. The second kappa shape index (κ2) is 6.55. The van der Waals surface area contributed by atoms with Gasteiger partial charge in [-0.15, -0.1) is 0 Å². The maximum Gasteiger partial charge on any atom is 0.0703 e. The molecule has 1 N–H and O–H groups in total. The Labute approximate surface area is 119 Å². The molecule has 2 aliphatic heterocycles. The number of nitrogens with one attached hydrogen (secondary N) is 1. The van der Waals surface area contributed by atoms with E-state index in [1.54, 1.807) is 0 Å². The van der Waals surface area contributed by atoms with Gasteiger partial charge < -0.3 is 10.1 Å². The van der Waals surface area contributed by atoms with Crippen LogP contribution in [0.5, 0.6) is 0 Å². The van der Waals surface area contributed by atoms with Gasteiger partial charge in [0.15, 0.2) is 0 Å². The van der Waals surface area contributed by atoms with Gasteiger partial charge in [-0.3, -0.25) is 4.90 Å². The van der Waals surface area contributed by atoms with Crippen molar-refractivity contribution < 1.29 is 4.74 Å². The highest BCUT2D eigenvalue weighted by molar-refractivity contribution is 4.95. The Kier molecular flexibility index (Phi) is 5.27. The van der Waals surface area contributed by atoms with Gasteiger partial charge in [0, 0.05) is 37.8 Å². The van der Waals surface area contributed by atoms with Gasteiger partial charge in [0.1, 0.15) is 0 Å². The molecule has 3 heteroatoms. The molecule has 0 spiro atoms. The van der Waals surface area contributed by atoms with Crippen LogP contribution in [-0.4, -0.2) is 48.8 Å². The van der Waals surface area contributed by atoms with Crippen LogP contribution in [0.25, 0.3) is 0 Å². The van der Waals surface area contributed by atoms with Gasteiger partial charge >= 0.3 is 0 Å². The van der Waals surface area contributed by atoms with Crippen molar-refractivity contribution in [2.45, 2.75) is 71.7 Å². The van der Waals surface area contributed by atoms with Crippen molar-refractivity contribution in [1.82, 2.24) is 10.2 Å². The van der Waals surface area contributed by atoms with E-state index in [9.17, 15) is 0 Å². The molecule has 2 aliphatic rings. The predicted octanol–water partition coefficient (Wildman–Crippen LogP) is 2.51. The van der Waals surface area contributed by atoms with Crippen LogP contribution in [0.15, 0.2) is 0 Å². The minimum atomic E-state index is 0.400. The third-order valence-corrected chi connectivity index (χ3v) is 5.29. The van der Waals surface area contributed by atoms with Crippen molar-refractivity contribution in [2.75, 3.05) is 19.7 Å². The third kappa shape index (κ3) is 3.32. The zero-order valence-corrected chi connectivity index (χ0v) is 13.4. The first-order chi connectivity index (χ1) is 9.04. The van der Waals surface area contributed by atoms with Gasteiger partial charge in [-0.25, -0.2) is 0 Å². The van der Waals surface area contributed by atoms with Crippen LogP contribution in [0, 0.1) is 11.8 Å². The molecule has 5 atom stereocenters. The molecule has 0 bridgehead atoms. The maximum absolute atomic E-state index is 5.81. The summed E-state index contributed by atoms with van der Waals surface area (Å²) in [6.45, 7) is 14.9. The van der Waals surface area contributed by atoms with Crippen LogP contribution in [0.3, 0.4) is 0 Å². The van der Waals surface area contributed by atoms with Crippen molar-refractivity contribution in [3.63, 3.8) is 0 Å². The van der Waals surface area contributed by atoms with E-state index in [4.69, 9.17) is 4.74 Å². The third-order valence-electron chi connectivity index (χ3n) is 5.29. The van der Waals surface area contributed by atoms with Crippen molar-refractivity contribution >= 4 is 0 Å². The van der Waals surface area contributed by atoms with Crippen molar-refractivity contribution in [3.8, 4) is 0 Å². The second-order valence-corrected chi connectivity index (χ2v) is 6.84. The van der Waals surface area contributed by atoms with Crippen LogP contribution >= 0.6 is 0 Å². The second-order valence-electron chi connectivity index (χ2n) is 6.84. The molecule has 2 saturated heterocycles. The fourth-order valence-corrected chi connectivity index (χ4v) is 3.64. The van der Waals surface area contributed by atoms with Gasteiger partial charge in [0.05, 0.1) is 6.10 Å².